The lowest BCUT2D eigenvalue weighted by Crippen LogP contribution is -2.49. The van der Waals surface area contributed by atoms with Gasteiger partial charge in [-0.2, -0.15) is 8.78 Å². The maximum Gasteiger partial charge on any atom is 0.387 e. The van der Waals surface area contributed by atoms with Crippen LogP contribution in [0.1, 0.15) is 37.6 Å². The minimum absolute atomic E-state index is 0.0839. The quantitative estimate of drug-likeness (QED) is 0.654. The molecule has 1 atom stereocenters. The topological polar surface area (TPSA) is 60.0 Å². The Morgan fingerprint density at radius 1 is 1.25 bits per heavy atom. The van der Waals surface area contributed by atoms with E-state index in [0.717, 1.165) is 19.5 Å². The molecule has 1 saturated heterocycles. The number of amides is 1. The summed E-state index contributed by atoms with van der Waals surface area (Å²) in [4.78, 5) is 15.0. The van der Waals surface area contributed by atoms with Gasteiger partial charge in [-0.3, -0.25) is 9.69 Å². The van der Waals surface area contributed by atoms with Gasteiger partial charge in [0.15, 0.2) is 11.5 Å². The number of rotatable bonds is 10. The van der Waals surface area contributed by atoms with E-state index in [4.69, 9.17) is 9.47 Å². The second-order valence-electron chi connectivity index (χ2n) is 7.11. The molecule has 0 aromatic heterocycles. The minimum atomic E-state index is -2.95. The Morgan fingerprint density at radius 3 is 2.57 bits per heavy atom. The summed E-state index contributed by atoms with van der Waals surface area (Å²) in [5, 5.41) is 2.97. The average Bonchev–Trinajstić information content (AvgIpc) is 2.66. The zero-order chi connectivity index (χ0) is 20.5. The first-order chi connectivity index (χ1) is 13.4. The largest absolute Gasteiger partial charge is 0.490 e. The third kappa shape index (κ3) is 6.91. The molecule has 1 N–H and O–H groups in total. The Hall–Kier alpha value is -1.93. The number of morpholine rings is 1. The van der Waals surface area contributed by atoms with Crippen LogP contribution < -0.4 is 14.8 Å². The van der Waals surface area contributed by atoms with Crippen LogP contribution in [-0.2, 0) is 4.74 Å². The van der Waals surface area contributed by atoms with Crippen LogP contribution in [0.5, 0.6) is 11.5 Å². The molecule has 6 nitrogen and oxygen atoms in total. The molecule has 1 aromatic carbocycles. The zero-order valence-electron chi connectivity index (χ0n) is 16.7. The number of ether oxygens (including phenoxy) is 3. The summed E-state index contributed by atoms with van der Waals surface area (Å²) in [6, 6.07) is 4.45. The Labute approximate surface area is 165 Å². The number of hydrogen-bond acceptors (Lipinski definition) is 5. The molecule has 1 amide bonds. The smallest absolute Gasteiger partial charge is 0.387 e. The Morgan fingerprint density at radius 2 is 1.96 bits per heavy atom. The van der Waals surface area contributed by atoms with Gasteiger partial charge in [0.1, 0.15) is 0 Å². The molecule has 1 heterocycles. The molecule has 0 bridgehead atoms. The van der Waals surface area contributed by atoms with Crippen molar-refractivity contribution in [2.45, 2.75) is 39.8 Å². The van der Waals surface area contributed by atoms with Crippen molar-refractivity contribution in [1.82, 2.24) is 10.2 Å². The molecule has 0 aliphatic carbocycles. The molecule has 158 valence electrons. The number of benzene rings is 1. The number of carbonyl (C=O) groups is 1. The van der Waals surface area contributed by atoms with E-state index in [1.807, 2.05) is 0 Å². The number of nitrogens with zero attached hydrogens (tertiary/aromatic N) is 1. The van der Waals surface area contributed by atoms with Crippen molar-refractivity contribution in [2.75, 3.05) is 39.5 Å². The van der Waals surface area contributed by atoms with Gasteiger partial charge in [0.05, 0.1) is 19.8 Å². The lowest BCUT2D eigenvalue weighted by molar-refractivity contribution is -0.0514. The molecule has 28 heavy (non-hydrogen) atoms. The normalized spacial score (nSPS) is 16.2. The summed E-state index contributed by atoms with van der Waals surface area (Å²) in [6.07, 6.45) is 0.964. The van der Waals surface area contributed by atoms with E-state index in [-0.39, 0.29) is 30.1 Å². The predicted molar refractivity (Wildman–Crippen MR) is 102 cm³/mol. The highest BCUT2D eigenvalue weighted by atomic mass is 19.3. The van der Waals surface area contributed by atoms with E-state index in [2.05, 4.69) is 28.8 Å². The Kier molecular flexibility index (Phi) is 8.92. The third-order valence-electron chi connectivity index (χ3n) is 4.53. The fourth-order valence-corrected chi connectivity index (χ4v) is 3.27. The van der Waals surface area contributed by atoms with E-state index in [1.54, 1.807) is 6.92 Å². The molecule has 2 rings (SSSR count). The van der Waals surface area contributed by atoms with Crippen LogP contribution in [-0.4, -0.2) is 62.9 Å². The standard InChI is InChI=1S/C20H30F2N2O4/c1-4-27-18-12-15(5-6-17(18)28-20(21)22)19(25)23-13-16(11-14(2)3)24-7-9-26-10-8-24/h5-6,12,14,16,20H,4,7-11,13H2,1-3H3,(H,23,25). The molecular weight excluding hydrogens is 370 g/mol. The van der Waals surface area contributed by atoms with Gasteiger partial charge in [0.25, 0.3) is 5.91 Å². The molecule has 0 saturated carbocycles. The van der Waals surface area contributed by atoms with Crippen molar-refractivity contribution in [1.29, 1.82) is 0 Å². The summed E-state index contributed by atoms with van der Waals surface area (Å²) in [7, 11) is 0. The number of carbonyl (C=O) groups excluding carboxylic acids is 1. The lowest BCUT2D eigenvalue weighted by Gasteiger charge is -2.35. The summed E-state index contributed by atoms with van der Waals surface area (Å²) < 4.78 is 40.2. The number of nitrogens with one attached hydrogen (secondary N) is 1. The summed E-state index contributed by atoms with van der Waals surface area (Å²) in [5.41, 5.74) is 0.343. The van der Waals surface area contributed by atoms with Gasteiger partial charge in [-0.1, -0.05) is 13.8 Å². The molecule has 8 heteroatoms. The number of halogens is 2. The second kappa shape index (κ2) is 11.2. The molecule has 1 unspecified atom stereocenters. The highest BCUT2D eigenvalue weighted by molar-refractivity contribution is 5.94. The molecule has 1 aromatic rings. The van der Waals surface area contributed by atoms with Crippen molar-refractivity contribution < 1.29 is 27.8 Å². The summed E-state index contributed by atoms with van der Waals surface area (Å²) in [6.45, 7) is 6.98. The second-order valence-corrected chi connectivity index (χ2v) is 7.11. The highest BCUT2D eigenvalue weighted by Crippen LogP contribution is 2.30. The molecule has 1 aliphatic rings. The maximum absolute atomic E-state index is 12.6. The molecule has 1 fully saturated rings. The fraction of sp³-hybridized carbons (Fsp3) is 0.650. The van der Waals surface area contributed by atoms with Crippen molar-refractivity contribution in [2.24, 2.45) is 5.92 Å². The van der Waals surface area contributed by atoms with Gasteiger partial charge in [-0.25, -0.2) is 0 Å². The first-order valence-corrected chi connectivity index (χ1v) is 9.72. The van der Waals surface area contributed by atoms with E-state index in [9.17, 15) is 13.6 Å². The van der Waals surface area contributed by atoms with Crippen LogP contribution >= 0.6 is 0 Å². The predicted octanol–water partition coefficient (Wildman–Crippen LogP) is 3.16. The van der Waals surface area contributed by atoms with E-state index < -0.39 is 6.61 Å². The monoisotopic (exact) mass is 400 g/mol. The van der Waals surface area contributed by atoms with Crippen LogP contribution in [0.15, 0.2) is 18.2 Å². The number of alkyl halides is 2. The van der Waals surface area contributed by atoms with Crippen molar-refractivity contribution in [3.05, 3.63) is 23.8 Å². The van der Waals surface area contributed by atoms with E-state index >= 15 is 0 Å². The highest BCUT2D eigenvalue weighted by Gasteiger charge is 2.23. The zero-order valence-corrected chi connectivity index (χ0v) is 16.7. The first kappa shape index (κ1) is 22.4. The summed E-state index contributed by atoms with van der Waals surface area (Å²) >= 11 is 0. The third-order valence-corrected chi connectivity index (χ3v) is 4.53. The molecule has 0 radical (unpaired) electrons. The van der Waals surface area contributed by atoms with Crippen LogP contribution in [0.4, 0.5) is 8.78 Å². The fourth-order valence-electron chi connectivity index (χ4n) is 3.27. The Balaban J connectivity index is 2.04. The minimum Gasteiger partial charge on any atom is -0.490 e. The van der Waals surface area contributed by atoms with Crippen molar-refractivity contribution >= 4 is 5.91 Å². The number of hydrogen-bond donors (Lipinski definition) is 1. The van der Waals surface area contributed by atoms with Gasteiger partial charge in [-0.15, -0.1) is 0 Å². The molecular formula is C20H30F2N2O4. The first-order valence-electron chi connectivity index (χ1n) is 9.72. The van der Waals surface area contributed by atoms with Gasteiger partial charge >= 0.3 is 6.61 Å². The van der Waals surface area contributed by atoms with E-state index in [1.165, 1.54) is 18.2 Å². The van der Waals surface area contributed by atoms with Gasteiger partial charge in [0.2, 0.25) is 0 Å². The average molecular weight is 400 g/mol. The van der Waals surface area contributed by atoms with Gasteiger partial charge in [-0.05, 0) is 37.5 Å². The van der Waals surface area contributed by atoms with Gasteiger partial charge in [0, 0.05) is 31.2 Å². The van der Waals surface area contributed by atoms with Crippen molar-refractivity contribution in [3.63, 3.8) is 0 Å². The van der Waals surface area contributed by atoms with Crippen LogP contribution in [0, 0.1) is 5.92 Å². The molecule has 0 spiro atoms. The summed E-state index contributed by atoms with van der Waals surface area (Å²) in [5.74, 6) is 0.272. The SMILES string of the molecule is CCOc1cc(C(=O)NCC(CC(C)C)N2CCOCC2)ccc1OC(F)F. The van der Waals surface area contributed by atoms with Gasteiger partial charge < -0.3 is 19.5 Å². The van der Waals surface area contributed by atoms with E-state index in [0.29, 0.717) is 31.2 Å². The van der Waals surface area contributed by atoms with Crippen LogP contribution in [0.2, 0.25) is 0 Å². The molecule has 1 aliphatic heterocycles. The Bertz CT molecular complexity index is 622. The van der Waals surface area contributed by atoms with Crippen LogP contribution in [0.25, 0.3) is 0 Å². The lowest BCUT2D eigenvalue weighted by atomic mass is 10.0. The maximum atomic E-state index is 12.6. The van der Waals surface area contributed by atoms with Crippen molar-refractivity contribution in [3.8, 4) is 11.5 Å². The van der Waals surface area contributed by atoms with Crippen LogP contribution in [0.3, 0.4) is 0 Å².